The maximum absolute atomic E-state index is 13.1. The normalized spacial score (nSPS) is 14.6. The number of amides is 2. The Labute approximate surface area is 271 Å². The largest absolute Gasteiger partial charge is 0.324 e. The molecule has 10 heteroatoms. The molecule has 1 aliphatic heterocycles. The van der Waals surface area contributed by atoms with E-state index in [-0.39, 0.29) is 22.1 Å². The number of nitrogens with one attached hydrogen (secondary N) is 2. The van der Waals surface area contributed by atoms with Crippen molar-refractivity contribution in [1.29, 1.82) is 0 Å². The van der Waals surface area contributed by atoms with Crippen molar-refractivity contribution < 1.29 is 18.0 Å². The zero-order valence-electron chi connectivity index (χ0n) is 27.2. The molecule has 3 aromatic carbocycles. The second kappa shape index (κ2) is 13.6. The molecular weight excluding hydrogens is 598 g/mol. The highest BCUT2D eigenvalue weighted by atomic mass is 32.2. The van der Waals surface area contributed by atoms with Gasteiger partial charge < -0.3 is 5.32 Å². The molecule has 2 N–H and O–H groups in total. The number of rotatable bonds is 9. The van der Waals surface area contributed by atoms with Gasteiger partial charge in [-0.05, 0) is 87.2 Å². The van der Waals surface area contributed by atoms with Gasteiger partial charge in [0.15, 0.2) is 15.6 Å². The Morgan fingerprint density at radius 3 is 2.22 bits per heavy atom. The van der Waals surface area contributed by atoms with E-state index in [1.165, 1.54) is 12.1 Å². The SMILES string of the molecule is Cc1ccc(-n2nc(C(C)(C)C)cc2NC(=O)Nc2cccc(CC3CCN(CC(=O)c4ccc(S(C)(=O)=O)cc4)CC3)c2)cc1. The van der Waals surface area contributed by atoms with Crippen LogP contribution >= 0.6 is 0 Å². The van der Waals surface area contributed by atoms with Gasteiger partial charge in [0.1, 0.15) is 5.82 Å². The van der Waals surface area contributed by atoms with Crippen LogP contribution in [0.3, 0.4) is 0 Å². The van der Waals surface area contributed by atoms with Crippen molar-refractivity contribution in [3.63, 3.8) is 0 Å². The number of anilines is 2. The van der Waals surface area contributed by atoms with Gasteiger partial charge in [-0.15, -0.1) is 0 Å². The van der Waals surface area contributed by atoms with Crippen LogP contribution in [0.1, 0.15) is 60.8 Å². The smallest absolute Gasteiger partial charge is 0.308 e. The van der Waals surface area contributed by atoms with Crippen molar-refractivity contribution in [2.24, 2.45) is 5.92 Å². The molecule has 1 aromatic heterocycles. The van der Waals surface area contributed by atoms with Crippen molar-refractivity contribution in [3.8, 4) is 5.69 Å². The predicted octanol–water partition coefficient (Wildman–Crippen LogP) is 6.66. The number of piperidine rings is 1. The standard InChI is InChI=1S/C36H43N5O4S/c1-25-9-13-30(14-10-25)41-34(23-33(39-41)36(2,3)4)38-35(43)37-29-8-6-7-27(22-29)21-26-17-19-40(20-18-26)24-32(42)28-11-15-31(16-12-28)46(5,44)45/h6-16,22-23,26H,17-21,24H2,1-5H3,(H2,37,38,43). The second-order valence-corrected chi connectivity index (χ2v) is 15.4. The van der Waals surface area contributed by atoms with E-state index < -0.39 is 9.84 Å². The molecule has 0 aliphatic carbocycles. The number of hydrogen-bond acceptors (Lipinski definition) is 6. The molecule has 4 aromatic rings. The lowest BCUT2D eigenvalue weighted by Crippen LogP contribution is -2.37. The van der Waals surface area contributed by atoms with Crippen LogP contribution in [0.15, 0.2) is 83.8 Å². The summed E-state index contributed by atoms with van der Waals surface area (Å²) in [4.78, 5) is 28.3. The fourth-order valence-corrected chi connectivity index (χ4v) is 6.27. The molecule has 0 atom stereocenters. The lowest BCUT2D eigenvalue weighted by molar-refractivity contribution is 0.0895. The highest BCUT2D eigenvalue weighted by Crippen LogP contribution is 2.27. The minimum Gasteiger partial charge on any atom is -0.308 e. The van der Waals surface area contributed by atoms with Crippen LogP contribution in [-0.4, -0.2) is 60.8 Å². The van der Waals surface area contributed by atoms with Crippen molar-refractivity contribution >= 4 is 33.2 Å². The van der Waals surface area contributed by atoms with Crippen molar-refractivity contribution in [1.82, 2.24) is 14.7 Å². The van der Waals surface area contributed by atoms with Gasteiger partial charge in [-0.2, -0.15) is 5.10 Å². The lowest BCUT2D eigenvalue weighted by Gasteiger charge is -2.31. The van der Waals surface area contributed by atoms with Gasteiger partial charge in [0.25, 0.3) is 0 Å². The van der Waals surface area contributed by atoms with Crippen LogP contribution in [0.5, 0.6) is 0 Å². The summed E-state index contributed by atoms with van der Waals surface area (Å²) in [5.74, 6) is 1.06. The number of Topliss-reactive ketones (excluding diaryl/α,β-unsaturated/α-hetero) is 1. The van der Waals surface area contributed by atoms with E-state index >= 15 is 0 Å². The quantitative estimate of drug-likeness (QED) is 0.198. The van der Waals surface area contributed by atoms with Gasteiger partial charge in [-0.3, -0.25) is 15.0 Å². The summed E-state index contributed by atoms with van der Waals surface area (Å²) in [6.07, 6.45) is 3.99. The molecule has 0 radical (unpaired) electrons. The second-order valence-electron chi connectivity index (χ2n) is 13.3. The summed E-state index contributed by atoms with van der Waals surface area (Å²) in [7, 11) is -3.29. The third kappa shape index (κ3) is 8.50. The van der Waals surface area contributed by atoms with E-state index in [4.69, 9.17) is 5.10 Å². The zero-order valence-corrected chi connectivity index (χ0v) is 28.0. The van der Waals surface area contributed by atoms with Crippen molar-refractivity contribution in [2.75, 3.05) is 36.5 Å². The average Bonchev–Trinajstić information content (AvgIpc) is 3.42. The molecule has 0 saturated carbocycles. The maximum Gasteiger partial charge on any atom is 0.324 e. The molecule has 0 unspecified atom stereocenters. The monoisotopic (exact) mass is 641 g/mol. The number of urea groups is 1. The van der Waals surface area contributed by atoms with Gasteiger partial charge in [0.05, 0.1) is 22.8 Å². The molecule has 0 spiro atoms. The Hall–Kier alpha value is -4.28. The number of nitrogens with zero attached hydrogens (tertiary/aromatic N) is 3. The average molecular weight is 642 g/mol. The number of ketones is 1. The molecule has 2 amide bonds. The van der Waals surface area contributed by atoms with E-state index in [0.29, 0.717) is 23.8 Å². The van der Waals surface area contributed by atoms with Gasteiger partial charge in [-0.1, -0.05) is 62.7 Å². The van der Waals surface area contributed by atoms with Crippen LogP contribution in [0, 0.1) is 12.8 Å². The highest BCUT2D eigenvalue weighted by molar-refractivity contribution is 7.90. The van der Waals surface area contributed by atoms with E-state index in [0.717, 1.165) is 66.8 Å². The summed E-state index contributed by atoms with van der Waals surface area (Å²) in [5, 5.41) is 10.8. The minimum absolute atomic E-state index is 0.00732. The third-order valence-electron chi connectivity index (χ3n) is 8.39. The van der Waals surface area contributed by atoms with Gasteiger partial charge in [0, 0.05) is 29.0 Å². The molecular formula is C36H43N5O4S. The molecule has 2 heterocycles. The van der Waals surface area contributed by atoms with Crippen molar-refractivity contribution in [2.45, 2.75) is 57.3 Å². The van der Waals surface area contributed by atoms with Crippen LogP contribution < -0.4 is 10.6 Å². The van der Waals surface area contributed by atoms with E-state index in [1.54, 1.807) is 16.8 Å². The summed E-state index contributed by atoms with van der Waals surface area (Å²) >= 11 is 0. The number of hydrogen-bond donors (Lipinski definition) is 2. The molecule has 1 aliphatic rings. The molecule has 1 fully saturated rings. The summed E-state index contributed by atoms with van der Waals surface area (Å²) in [6.45, 7) is 10.3. The Kier molecular flexibility index (Phi) is 9.79. The molecule has 46 heavy (non-hydrogen) atoms. The molecule has 5 rings (SSSR count). The number of carbonyl (C=O) groups excluding carboxylic acids is 2. The van der Waals surface area contributed by atoms with E-state index in [9.17, 15) is 18.0 Å². The van der Waals surface area contributed by atoms with Crippen molar-refractivity contribution in [3.05, 3.63) is 101 Å². The van der Waals surface area contributed by atoms with Gasteiger partial charge in [-0.25, -0.2) is 17.9 Å². The first-order valence-corrected chi connectivity index (χ1v) is 17.5. The number of sulfone groups is 1. The Morgan fingerprint density at radius 1 is 0.913 bits per heavy atom. The van der Waals surface area contributed by atoms with Crippen LogP contribution in [0.2, 0.25) is 0 Å². The number of aromatic nitrogens is 2. The topological polar surface area (TPSA) is 113 Å². The first-order chi connectivity index (χ1) is 21.7. The molecule has 1 saturated heterocycles. The van der Waals surface area contributed by atoms with Crippen LogP contribution in [0.25, 0.3) is 5.69 Å². The number of likely N-dealkylation sites (tertiary alicyclic amines) is 1. The van der Waals surface area contributed by atoms with Gasteiger partial charge in [0.2, 0.25) is 0 Å². The Balaban J connectivity index is 1.15. The van der Waals surface area contributed by atoms with Crippen LogP contribution in [-0.2, 0) is 21.7 Å². The Bertz CT molecular complexity index is 1800. The molecule has 0 bridgehead atoms. The zero-order chi connectivity index (χ0) is 33.1. The maximum atomic E-state index is 13.1. The summed E-state index contributed by atoms with van der Waals surface area (Å²) in [6, 6.07) is 23.7. The minimum atomic E-state index is -3.29. The first-order valence-electron chi connectivity index (χ1n) is 15.6. The van der Waals surface area contributed by atoms with E-state index in [1.807, 2.05) is 55.5 Å². The van der Waals surface area contributed by atoms with Crippen LogP contribution in [0.4, 0.5) is 16.3 Å². The fraction of sp³-hybridized carbons (Fsp3) is 0.361. The molecule has 242 valence electrons. The predicted molar refractivity (Wildman–Crippen MR) is 183 cm³/mol. The third-order valence-corrected chi connectivity index (χ3v) is 9.51. The summed E-state index contributed by atoms with van der Waals surface area (Å²) in [5.41, 5.74) is 5.11. The Morgan fingerprint density at radius 2 is 1.59 bits per heavy atom. The van der Waals surface area contributed by atoms with Gasteiger partial charge >= 0.3 is 6.03 Å². The lowest BCUT2D eigenvalue weighted by atomic mass is 9.90. The number of aryl methyl sites for hydroxylation is 1. The fourth-order valence-electron chi connectivity index (χ4n) is 5.64. The number of benzene rings is 3. The van der Waals surface area contributed by atoms with E-state index in [2.05, 4.69) is 42.4 Å². The summed E-state index contributed by atoms with van der Waals surface area (Å²) < 4.78 is 25.2. The first kappa shape index (κ1) is 33.1. The highest BCUT2D eigenvalue weighted by Gasteiger charge is 2.23. The molecule has 9 nitrogen and oxygen atoms in total. The number of carbonyl (C=O) groups is 2.